The number of carboxylic acids is 1. The molecule has 0 radical (unpaired) electrons. The summed E-state index contributed by atoms with van der Waals surface area (Å²) in [5.74, 6) is -2.38. The molecule has 3 aromatic rings. The van der Waals surface area contributed by atoms with Crippen molar-refractivity contribution in [2.45, 2.75) is 13.0 Å². The van der Waals surface area contributed by atoms with Crippen LogP contribution in [0.5, 0.6) is 0 Å². The molecule has 150 valence electrons. The molecule has 0 spiro atoms. The Morgan fingerprint density at radius 2 is 1.86 bits per heavy atom. The van der Waals surface area contributed by atoms with E-state index in [2.05, 4.69) is 5.32 Å². The van der Waals surface area contributed by atoms with E-state index in [-0.39, 0.29) is 18.1 Å². The summed E-state index contributed by atoms with van der Waals surface area (Å²) in [5, 5.41) is 12.3. The van der Waals surface area contributed by atoms with Crippen molar-refractivity contribution in [2.24, 2.45) is 7.05 Å². The lowest BCUT2D eigenvalue weighted by Gasteiger charge is -2.18. The molecule has 7 nitrogen and oxygen atoms in total. The number of hydrogen-bond donors (Lipinski definition) is 2. The molecule has 29 heavy (non-hydrogen) atoms. The van der Waals surface area contributed by atoms with Crippen LogP contribution in [-0.2, 0) is 20.0 Å². The maximum absolute atomic E-state index is 14.3. The van der Waals surface area contributed by atoms with Gasteiger partial charge in [0.1, 0.15) is 11.6 Å². The fraction of sp³-hybridized carbons (Fsp3) is 0.150. The number of benzene rings is 2. The van der Waals surface area contributed by atoms with E-state index in [1.54, 1.807) is 6.07 Å². The van der Waals surface area contributed by atoms with Gasteiger partial charge in [-0.25, -0.2) is 14.0 Å². The Labute approximate surface area is 178 Å². The van der Waals surface area contributed by atoms with Crippen LogP contribution in [0.3, 0.4) is 0 Å². The van der Waals surface area contributed by atoms with Crippen molar-refractivity contribution < 1.29 is 14.3 Å². The zero-order chi connectivity index (χ0) is 21.1. The first-order chi connectivity index (χ1) is 13.8. The van der Waals surface area contributed by atoms with Crippen LogP contribution >= 0.6 is 22.6 Å². The summed E-state index contributed by atoms with van der Waals surface area (Å²) in [7, 11) is 1.21. The zero-order valence-electron chi connectivity index (χ0n) is 15.4. The molecule has 9 heteroatoms. The van der Waals surface area contributed by atoms with Crippen molar-refractivity contribution in [2.75, 3.05) is 5.32 Å². The molecule has 0 aliphatic carbocycles. The number of aromatic nitrogens is 2. The first-order valence-corrected chi connectivity index (χ1v) is 9.70. The maximum Gasteiger partial charge on any atom is 0.345 e. The molecular weight excluding hydrogens is 492 g/mol. The number of carbonyl (C=O) groups is 1. The molecule has 0 saturated carbocycles. The number of rotatable bonds is 6. The molecule has 2 N–H and O–H groups in total. The predicted molar refractivity (Wildman–Crippen MR) is 115 cm³/mol. The van der Waals surface area contributed by atoms with Crippen LogP contribution in [-0.4, -0.2) is 20.2 Å². The predicted octanol–water partition coefficient (Wildman–Crippen LogP) is 2.98. The Balaban J connectivity index is 2.15. The number of nitrogens with zero attached hydrogens (tertiary/aromatic N) is 2. The minimum absolute atomic E-state index is 0.0333. The molecule has 1 heterocycles. The molecule has 1 aromatic heterocycles. The lowest BCUT2D eigenvalue weighted by molar-refractivity contribution is 0.0694. The summed E-state index contributed by atoms with van der Waals surface area (Å²) >= 11 is 1.94. The number of aryl methyl sites for hydroxylation is 1. The number of aromatic carboxylic acids is 1. The SMILES string of the molecule is Cn1c(=O)c(C(=O)O)c(Nc2ccc(I)cc2F)n(CCc2ccccc2)c1=O. The molecule has 0 aliphatic heterocycles. The third-order valence-electron chi connectivity index (χ3n) is 4.41. The smallest absolute Gasteiger partial charge is 0.345 e. The summed E-state index contributed by atoms with van der Waals surface area (Å²) in [6.07, 6.45) is 0.419. The van der Waals surface area contributed by atoms with Gasteiger partial charge in [-0.2, -0.15) is 0 Å². The van der Waals surface area contributed by atoms with Gasteiger partial charge in [0.25, 0.3) is 5.56 Å². The van der Waals surface area contributed by atoms with Gasteiger partial charge in [0.2, 0.25) is 0 Å². The Morgan fingerprint density at radius 3 is 2.48 bits per heavy atom. The Morgan fingerprint density at radius 1 is 1.17 bits per heavy atom. The summed E-state index contributed by atoms with van der Waals surface area (Å²) in [4.78, 5) is 37.0. The van der Waals surface area contributed by atoms with Gasteiger partial charge in [0.05, 0.1) is 5.69 Å². The van der Waals surface area contributed by atoms with Gasteiger partial charge in [-0.3, -0.25) is 13.9 Å². The highest BCUT2D eigenvalue weighted by Gasteiger charge is 2.23. The lowest BCUT2D eigenvalue weighted by Crippen LogP contribution is -2.42. The van der Waals surface area contributed by atoms with E-state index in [0.717, 1.165) is 14.7 Å². The second-order valence-electron chi connectivity index (χ2n) is 6.31. The van der Waals surface area contributed by atoms with Crippen LogP contribution in [0.15, 0.2) is 58.1 Å². The van der Waals surface area contributed by atoms with Gasteiger partial charge < -0.3 is 10.4 Å². The van der Waals surface area contributed by atoms with Crippen LogP contribution in [0.25, 0.3) is 0 Å². The van der Waals surface area contributed by atoms with Gasteiger partial charge in [-0.05, 0) is 52.8 Å². The quantitative estimate of drug-likeness (QED) is 0.499. The number of hydrogen-bond acceptors (Lipinski definition) is 4. The Bertz CT molecular complexity index is 1190. The minimum atomic E-state index is -1.51. The fourth-order valence-corrected chi connectivity index (χ4v) is 3.35. The van der Waals surface area contributed by atoms with E-state index in [4.69, 9.17) is 0 Å². The van der Waals surface area contributed by atoms with Crippen molar-refractivity contribution in [3.05, 3.63) is 89.9 Å². The highest BCUT2D eigenvalue weighted by molar-refractivity contribution is 14.1. The molecule has 2 aromatic carbocycles. The lowest BCUT2D eigenvalue weighted by atomic mass is 10.1. The van der Waals surface area contributed by atoms with Crippen LogP contribution < -0.4 is 16.6 Å². The molecular formula is C20H17FIN3O4. The summed E-state index contributed by atoms with van der Waals surface area (Å²) < 4.78 is 16.9. The van der Waals surface area contributed by atoms with E-state index in [9.17, 15) is 23.9 Å². The summed E-state index contributed by atoms with van der Waals surface area (Å²) in [6.45, 7) is 0.103. The number of nitrogens with one attached hydrogen (secondary N) is 1. The van der Waals surface area contributed by atoms with Crippen LogP contribution in [0.4, 0.5) is 15.9 Å². The van der Waals surface area contributed by atoms with Gasteiger partial charge >= 0.3 is 11.7 Å². The average molecular weight is 509 g/mol. The van der Waals surface area contributed by atoms with Crippen molar-refractivity contribution in [1.29, 1.82) is 0 Å². The first kappa shape index (κ1) is 20.8. The second-order valence-corrected chi connectivity index (χ2v) is 7.56. The van der Waals surface area contributed by atoms with E-state index >= 15 is 0 Å². The topological polar surface area (TPSA) is 93.3 Å². The molecule has 0 bridgehead atoms. The normalized spacial score (nSPS) is 10.7. The van der Waals surface area contributed by atoms with Crippen LogP contribution in [0, 0.1) is 9.39 Å². The number of halogens is 2. The van der Waals surface area contributed by atoms with E-state index < -0.39 is 28.6 Å². The third-order valence-corrected chi connectivity index (χ3v) is 5.08. The fourth-order valence-electron chi connectivity index (χ4n) is 2.90. The van der Waals surface area contributed by atoms with Crippen LogP contribution in [0.2, 0.25) is 0 Å². The molecule has 0 unspecified atom stereocenters. The second kappa shape index (κ2) is 8.60. The molecule has 0 amide bonds. The van der Waals surface area contributed by atoms with E-state index in [1.807, 2.05) is 52.9 Å². The molecule has 0 aliphatic rings. The van der Waals surface area contributed by atoms with Crippen LogP contribution in [0.1, 0.15) is 15.9 Å². The summed E-state index contributed by atoms with van der Waals surface area (Å²) in [5.41, 5.74) is -1.39. The van der Waals surface area contributed by atoms with Crippen molar-refractivity contribution >= 4 is 40.1 Å². The monoisotopic (exact) mass is 509 g/mol. The highest BCUT2D eigenvalue weighted by atomic mass is 127. The van der Waals surface area contributed by atoms with Gasteiger partial charge in [0, 0.05) is 17.2 Å². The molecule has 0 saturated heterocycles. The van der Waals surface area contributed by atoms with E-state index in [0.29, 0.717) is 9.99 Å². The number of anilines is 2. The molecule has 3 rings (SSSR count). The minimum Gasteiger partial charge on any atom is -0.477 e. The maximum atomic E-state index is 14.3. The van der Waals surface area contributed by atoms with Crippen molar-refractivity contribution in [3.8, 4) is 0 Å². The third kappa shape index (κ3) is 4.39. The number of carboxylic acid groups (broad SMARTS) is 1. The van der Waals surface area contributed by atoms with E-state index in [1.165, 1.54) is 19.2 Å². The standard InChI is InChI=1S/C20H17FIN3O4/c1-24-18(26)16(19(27)28)17(23-15-8-7-13(22)11-14(15)21)25(20(24)29)10-9-12-5-3-2-4-6-12/h2-8,11,23H,9-10H2,1H3,(H,27,28). The zero-order valence-corrected chi connectivity index (χ0v) is 17.5. The molecule has 0 atom stereocenters. The average Bonchev–Trinajstić information content (AvgIpc) is 2.68. The Hall–Kier alpha value is -2.95. The highest BCUT2D eigenvalue weighted by Crippen LogP contribution is 2.23. The summed E-state index contributed by atoms with van der Waals surface area (Å²) in [6, 6.07) is 13.6. The van der Waals surface area contributed by atoms with Gasteiger partial charge in [-0.1, -0.05) is 30.3 Å². The van der Waals surface area contributed by atoms with Gasteiger partial charge in [-0.15, -0.1) is 0 Å². The Kier molecular flexibility index (Phi) is 6.16. The van der Waals surface area contributed by atoms with Crippen molar-refractivity contribution in [3.63, 3.8) is 0 Å². The largest absolute Gasteiger partial charge is 0.477 e. The van der Waals surface area contributed by atoms with Crippen molar-refractivity contribution in [1.82, 2.24) is 9.13 Å². The molecule has 0 fully saturated rings. The van der Waals surface area contributed by atoms with Gasteiger partial charge in [0.15, 0.2) is 5.56 Å². The first-order valence-electron chi connectivity index (χ1n) is 8.62.